The molecule has 4 aromatic carbocycles. The number of hydrogen-bond acceptors (Lipinski definition) is 3. The highest BCUT2D eigenvalue weighted by atomic mass is 16.5. The van der Waals surface area contributed by atoms with Crippen LogP contribution < -0.4 is 14.2 Å². The maximum absolute atomic E-state index is 6.08. The Labute approximate surface area is 196 Å². The Morgan fingerprint density at radius 3 is 1.21 bits per heavy atom. The first-order valence-electron chi connectivity index (χ1n) is 11.1. The number of ether oxygens (including phenoxy) is 3. The minimum atomic E-state index is -0.117. The minimum absolute atomic E-state index is 0.117. The van der Waals surface area contributed by atoms with Crippen LogP contribution in [0.1, 0.15) is 36.1 Å². The van der Waals surface area contributed by atoms with E-state index in [-0.39, 0.29) is 5.41 Å². The number of hydrogen-bond donors (Lipinski definition) is 0. The molecule has 0 aliphatic carbocycles. The summed E-state index contributed by atoms with van der Waals surface area (Å²) < 4.78 is 16.6. The Kier molecular flexibility index (Phi) is 6.69. The average molecular weight is 439 g/mol. The van der Waals surface area contributed by atoms with Crippen molar-refractivity contribution in [3.8, 4) is 23.0 Å². The van der Waals surface area contributed by atoms with Crippen LogP contribution in [-0.2, 0) is 11.8 Å². The quantitative estimate of drug-likeness (QED) is 0.287. The Balaban J connectivity index is 1.40. The highest BCUT2D eigenvalue weighted by molar-refractivity contribution is 5.43. The van der Waals surface area contributed by atoms with Crippen molar-refractivity contribution in [1.29, 1.82) is 0 Å². The predicted octanol–water partition coefficient (Wildman–Crippen LogP) is 7.41. The van der Waals surface area contributed by atoms with Crippen molar-refractivity contribution >= 4 is 0 Å². The molecule has 0 heterocycles. The van der Waals surface area contributed by atoms with Crippen LogP contribution in [0.5, 0.6) is 23.0 Å². The zero-order valence-corrected chi connectivity index (χ0v) is 19.7. The van der Waals surface area contributed by atoms with Crippen LogP contribution in [0.4, 0.5) is 0 Å². The molecule has 0 saturated heterocycles. The van der Waals surface area contributed by atoms with Crippen LogP contribution in [0.15, 0.2) is 97.1 Å². The number of benzene rings is 4. The van der Waals surface area contributed by atoms with Gasteiger partial charge in [-0.05, 0) is 77.2 Å². The summed E-state index contributed by atoms with van der Waals surface area (Å²) in [6.45, 7) is 4.46. The Morgan fingerprint density at radius 1 is 0.485 bits per heavy atom. The first-order chi connectivity index (χ1) is 16.0. The van der Waals surface area contributed by atoms with Crippen molar-refractivity contribution < 1.29 is 14.2 Å². The highest BCUT2D eigenvalue weighted by Gasteiger charge is 2.23. The van der Waals surface area contributed by atoms with Crippen LogP contribution in [0.3, 0.4) is 0 Å². The summed E-state index contributed by atoms with van der Waals surface area (Å²) in [5.41, 5.74) is 4.84. The summed E-state index contributed by atoms with van der Waals surface area (Å²) in [6, 6.07) is 33.0. The van der Waals surface area contributed by atoms with Gasteiger partial charge in [0.15, 0.2) is 0 Å². The summed E-state index contributed by atoms with van der Waals surface area (Å²) in [5.74, 6) is 3.40. The molecule has 0 aromatic heterocycles. The molecule has 0 N–H and O–H groups in total. The Hall–Kier alpha value is -3.72. The van der Waals surface area contributed by atoms with Crippen LogP contribution in [0, 0.1) is 0 Å². The normalized spacial score (nSPS) is 11.2. The molecule has 0 radical (unpaired) electrons. The smallest absolute Gasteiger partial charge is 0.127 e. The first kappa shape index (κ1) is 22.5. The van der Waals surface area contributed by atoms with Crippen molar-refractivity contribution in [3.05, 3.63) is 119 Å². The molecule has 33 heavy (non-hydrogen) atoms. The van der Waals surface area contributed by atoms with Crippen LogP contribution in [0.2, 0.25) is 0 Å². The lowest BCUT2D eigenvalue weighted by atomic mass is 9.78. The van der Waals surface area contributed by atoms with Gasteiger partial charge in [-0.25, -0.2) is 0 Å². The molecule has 3 nitrogen and oxygen atoms in total. The van der Waals surface area contributed by atoms with E-state index in [0.717, 1.165) is 29.4 Å². The summed E-state index contributed by atoms with van der Waals surface area (Å²) in [5, 5.41) is 0. The third-order valence-corrected chi connectivity index (χ3v) is 6.11. The monoisotopic (exact) mass is 438 g/mol. The first-order valence-corrected chi connectivity index (χ1v) is 11.1. The topological polar surface area (TPSA) is 27.7 Å². The number of rotatable bonds is 8. The van der Waals surface area contributed by atoms with E-state index in [1.165, 1.54) is 22.3 Å². The Morgan fingerprint density at radius 2 is 0.818 bits per heavy atom. The van der Waals surface area contributed by atoms with Crippen LogP contribution >= 0.6 is 0 Å². The molecule has 0 amide bonds. The summed E-state index contributed by atoms with van der Waals surface area (Å²) in [4.78, 5) is 0. The van der Waals surface area contributed by atoms with E-state index < -0.39 is 0 Å². The second-order valence-electron chi connectivity index (χ2n) is 8.65. The third-order valence-electron chi connectivity index (χ3n) is 6.11. The highest BCUT2D eigenvalue weighted by Crippen LogP contribution is 2.34. The summed E-state index contributed by atoms with van der Waals surface area (Å²) in [6.07, 6.45) is 0.874. The van der Waals surface area contributed by atoms with Crippen molar-refractivity contribution in [2.45, 2.75) is 25.7 Å². The Bertz CT molecular complexity index is 1160. The van der Waals surface area contributed by atoms with E-state index in [1.54, 1.807) is 14.2 Å². The van der Waals surface area contributed by atoms with Gasteiger partial charge < -0.3 is 14.2 Å². The lowest BCUT2D eigenvalue weighted by Crippen LogP contribution is -2.18. The van der Waals surface area contributed by atoms with Crippen molar-refractivity contribution in [2.75, 3.05) is 14.2 Å². The molecule has 0 aliphatic rings. The van der Waals surface area contributed by atoms with E-state index in [4.69, 9.17) is 14.2 Å². The molecular weight excluding hydrogens is 408 g/mol. The molecule has 0 bridgehead atoms. The summed E-state index contributed by atoms with van der Waals surface area (Å²) in [7, 11) is 3.37. The van der Waals surface area contributed by atoms with Crippen molar-refractivity contribution in [1.82, 2.24) is 0 Å². The van der Waals surface area contributed by atoms with E-state index >= 15 is 0 Å². The zero-order chi connectivity index (χ0) is 23.3. The van der Waals surface area contributed by atoms with Gasteiger partial charge in [0, 0.05) is 5.41 Å². The molecule has 3 heteroatoms. The largest absolute Gasteiger partial charge is 0.497 e. The van der Waals surface area contributed by atoms with Gasteiger partial charge in [-0.3, -0.25) is 0 Å². The second kappa shape index (κ2) is 9.83. The van der Waals surface area contributed by atoms with E-state index in [1.807, 2.05) is 48.5 Å². The maximum Gasteiger partial charge on any atom is 0.127 e. The van der Waals surface area contributed by atoms with Gasteiger partial charge >= 0.3 is 0 Å². The van der Waals surface area contributed by atoms with Gasteiger partial charge in [0.2, 0.25) is 0 Å². The fourth-order valence-electron chi connectivity index (χ4n) is 3.90. The molecule has 0 saturated carbocycles. The lowest BCUT2D eigenvalue weighted by molar-refractivity contribution is 0.414. The van der Waals surface area contributed by atoms with Gasteiger partial charge in [-0.15, -0.1) is 0 Å². The second-order valence-corrected chi connectivity index (χ2v) is 8.65. The minimum Gasteiger partial charge on any atom is -0.497 e. The lowest BCUT2D eigenvalue weighted by Gasteiger charge is -2.26. The molecule has 0 aliphatic heterocycles. The third kappa shape index (κ3) is 5.38. The van der Waals surface area contributed by atoms with Gasteiger partial charge in [0.25, 0.3) is 0 Å². The van der Waals surface area contributed by atoms with E-state index in [0.29, 0.717) is 0 Å². The molecule has 0 fully saturated rings. The van der Waals surface area contributed by atoms with E-state index in [2.05, 4.69) is 62.4 Å². The standard InChI is InChI=1S/C30H30O3/c1-30(2,24-9-17-27(32-4)18-10-24)25-11-19-29(20-12-25)33-28-15-7-23(8-16-28)21-22-5-13-26(31-3)14-6-22/h5-20H,21H2,1-4H3. The maximum atomic E-state index is 6.08. The molecule has 0 atom stereocenters. The zero-order valence-electron chi connectivity index (χ0n) is 19.7. The fraction of sp³-hybridized carbons (Fsp3) is 0.200. The van der Waals surface area contributed by atoms with Gasteiger partial charge in [-0.2, -0.15) is 0 Å². The average Bonchev–Trinajstić information content (AvgIpc) is 2.86. The van der Waals surface area contributed by atoms with Crippen molar-refractivity contribution in [2.24, 2.45) is 0 Å². The molecule has 168 valence electrons. The van der Waals surface area contributed by atoms with Gasteiger partial charge in [0.05, 0.1) is 14.2 Å². The molecule has 4 rings (SSSR count). The summed E-state index contributed by atoms with van der Waals surface area (Å²) >= 11 is 0. The van der Waals surface area contributed by atoms with E-state index in [9.17, 15) is 0 Å². The molecular formula is C30H30O3. The fourth-order valence-corrected chi connectivity index (χ4v) is 3.90. The van der Waals surface area contributed by atoms with Crippen LogP contribution in [-0.4, -0.2) is 14.2 Å². The molecule has 0 unspecified atom stereocenters. The molecule has 0 spiro atoms. The predicted molar refractivity (Wildman–Crippen MR) is 134 cm³/mol. The van der Waals surface area contributed by atoms with Crippen molar-refractivity contribution in [3.63, 3.8) is 0 Å². The van der Waals surface area contributed by atoms with Crippen LogP contribution in [0.25, 0.3) is 0 Å². The number of methoxy groups -OCH3 is 2. The SMILES string of the molecule is COc1ccc(Cc2ccc(Oc3ccc(C(C)(C)c4ccc(OC)cc4)cc3)cc2)cc1. The van der Waals surface area contributed by atoms with Gasteiger partial charge in [0.1, 0.15) is 23.0 Å². The molecule has 4 aromatic rings. The van der Waals surface area contributed by atoms with Gasteiger partial charge in [-0.1, -0.05) is 62.4 Å².